The van der Waals surface area contributed by atoms with Crippen LogP contribution in [0, 0.1) is 17.1 Å². The summed E-state index contributed by atoms with van der Waals surface area (Å²) in [6, 6.07) is 25.9. The Kier molecular flexibility index (Phi) is 8.09. The van der Waals surface area contributed by atoms with Crippen molar-refractivity contribution < 1.29 is 28.1 Å². The summed E-state index contributed by atoms with van der Waals surface area (Å²) < 4.78 is 36.2. The van der Waals surface area contributed by atoms with Crippen molar-refractivity contribution in [1.82, 2.24) is 0 Å². The minimum absolute atomic E-state index is 0.0358. The van der Waals surface area contributed by atoms with Gasteiger partial charge in [0.05, 0.1) is 18.6 Å². The lowest BCUT2D eigenvalue weighted by Crippen LogP contribution is -2.21. The molecule has 0 spiro atoms. The highest BCUT2D eigenvalue weighted by atomic mass is 19.1. The molecule has 1 unspecified atom stereocenters. The van der Waals surface area contributed by atoms with Crippen molar-refractivity contribution in [2.75, 3.05) is 7.11 Å². The number of hydrogen-bond donors (Lipinski definition) is 1. The molecule has 0 bridgehead atoms. The highest BCUT2D eigenvalue weighted by Gasteiger charge is 2.32. The van der Waals surface area contributed by atoms with Crippen LogP contribution in [0.2, 0.25) is 0 Å². The van der Waals surface area contributed by atoms with Crippen molar-refractivity contribution in [3.8, 4) is 29.1 Å². The maximum atomic E-state index is 13.2. The maximum absolute atomic E-state index is 13.2. The zero-order chi connectivity index (χ0) is 30.7. The topological polar surface area (TPSA) is 104 Å². The molecule has 0 fully saturated rings. The summed E-state index contributed by atoms with van der Waals surface area (Å²) >= 11 is 0. The second-order valence-corrected chi connectivity index (χ2v) is 11.2. The van der Waals surface area contributed by atoms with Crippen molar-refractivity contribution in [2.45, 2.75) is 38.7 Å². The average Bonchev–Trinajstić information content (AvgIpc) is 2.99. The molecule has 1 heterocycles. The number of hydrogen-bond acceptors (Lipinski definition) is 7. The number of benzene rings is 4. The number of methoxy groups -OCH3 is 1. The average molecular weight is 579 g/mol. The molecular weight excluding hydrogens is 547 g/mol. The summed E-state index contributed by atoms with van der Waals surface area (Å²) in [5.41, 5.74) is 10.1. The number of nitriles is 1. The van der Waals surface area contributed by atoms with Crippen LogP contribution < -0.4 is 24.7 Å². The molecule has 4 aromatic carbocycles. The van der Waals surface area contributed by atoms with Gasteiger partial charge < -0.3 is 24.7 Å². The summed E-state index contributed by atoms with van der Waals surface area (Å²) in [6.07, 6.45) is 0. The first kappa shape index (κ1) is 29.2. The molecule has 0 aliphatic carbocycles. The van der Waals surface area contributed by atoms with Gasteiger partial charge in [0.2, 0.25) is 5.88 Å². The first-order valence-electron chi connectivity index (χ1n) is 13.7. The third-order valence-electron chi connectivity index (χ3n) is 7.22. The van der Waals surface area contributed by atoms with Gasteiger partial charge in [0.15, 0.2) is 11.5 Å². The van der Waals surface area contributed by atoms with Crippen molar-refractivity contribution in [1.29, 1.82) is 5.26 Å². The molecule has 7 nitrogen and oxygen atoms in total. The second-order valence-electron chi connectivity index (χ2n) is 11.2. The van der Waals surface area contributed by atoms with Gasteiger partial charge >= 0.3 is 5.97 Å². The van der Waals surface area contributed by atoms with E-state index in [0.717, 1.165) is 16.7 Å². The number of nitrogens with zero attached hydrogens (tertiary/aromatic N) is 1. The number of allylic oxidation sites excluding steroid dienone is 1. The zero-order valence-electron chi connectivity index (χ0n) is 24.3. The van der Waals surface area contributed by atoms with Gasteiger partial charge in [-0.05, 0) is 64.6 Å². The van der Waals surface area contributed by atoms with Gasteiger partial charge in [-0.1, -0.05) is 57.2 Å². The van der Waals surface area contributed by atoms with Crippen LogP contribution in [-0.2, 0) is 12.0 Å². The van der Waals surface area contributed by atoms with E-state index in [1.165, 1.54) is 19.2 Å². The third kappa shape index (κ3) is 6.31. The van der Waals surface area contributed by atoms with Crippen molar-refractivity contribution >= 4 is 5.97 Å². The van der Waals surface area contributed by atoms with Gasteiger partial charge in [0, 0.05) is 11.6 Å². The molecule has 0 saturated heterocycles. The predicted molar refractivity (Wildman–Crippen MR) is 160 cm³/mol. The van der Waals surface area contributed by atoms with Crippen LogP contribution in [-0.4, -0.2) is 13.1 Å². The predicted octanol–water partition coefficient (Wildman–Crippen LogP) is 7.15. The second kappa shape index (κ2) is 11.9. The van der Waals surface area contributed by atoms with Crippen LogP contribution >= 0.6 is 0 Å². The van der Waals surface area contributed by atoms with Crippen LogP contribution in [0.1, 0.15) is 59.3 Å². The largest absolute Gasteiger partial charge is 0.493 e. The summed E-state index contributed by atoms with van der Waals surface area (Å²) in [5, 5.41) is 9.98. The van der Waals surface area contributed by atoms with Crippen molar-refractivity contribution in [2.24, 2.45) is 5.73 Å². The number of fused-ring (bicyclic) bond motifs is 1. The Morgan fingerprint density at radius 1 is 0.977 bits per heavy atom. The molecule has 2 N–H and O–H groups in total. The lowest BCUT2D eigenvalue weighted by atomic mass is 9.83. The van der Waals surface area contributed by atoms with E-state index in [0.29, 0.717) is 28.4 Å². The number of carbonyl (C=O) groups is 1. The van der Waals surface area contributed by atoms with E-state index in [1.807, 2.05) is 18.2 Å². The molecule has 1 aliphatic heterocycles. The maximum Gasteiger partial charge on any atom is 0.343 e. The van der Waals surface area contributed by atoms with E-state index < -0.39 is 11.9 Å². The first-order valence-corrected chi connectivity index (χ1v) is 13.7. The molecular formula is C35H31FN2O5. The summed E-state index contributed by atoms with van der Waals surface area (Å²) in [6.45, 7) is 6.53. The lowest BCUT2D eigenvalue weighted by Gasteiger charge is -2.27. The highest BCUT2D eigenvalue weighted by Crippen LogP contribution is 2.45. The van der Waals surface area contributed by atoms with Crippen LogP contribution in [0.25, 0.3) is 0 Å². The fourth-order valence-corrected chi connectivity index (χ4v) is 4.84. The normalized spacial score (nSPS) is 14.3. The van der Waals surface area contributed by atoms with E-state index in [1.54, 1.807) is 54.6 Å². The number of carbonyl (C=O) groups excluding carboxylic acids is 1. The fraction of sp³-hybridized carbons (Fsp3) is 0.200. The monoisotopic (exact) mass is 578 g/mol. The molecule has 0 aromatic heterocycles. The van der Waals surface area contributed by atoms with Crippen LogP contribution in [0.5, 0.6) is 23.0 Å². The van der Waals surface area contributed by atoms with Gasteiger partial charge in [-0.25, -0.2) is 9.18 Å². The molecule has 218 valence electrons. The SMILES string of the molecule is COc1cc(C2C(C#N)=C(N)Oc3cc(OC(=O)c4ccc(C(C)(C)C)cc4)ccc32)ccc1OCc1ccc(F)cc1. The van der Waals surface area contributed by atoms with E-state index in [4.69, 9.17) is 24.7 Å². The Bertz CT molecular complexity index is 1730. The number of esters is 1. The summed E-state index contributed by atoms with van der Waals surface area (Å²) in [7, 11) is 1.52. The van der Waals surface area contributed by atoms with Gasteiger partial charge in [0.25, 0.3) is 0 Å². The standard InChI is InChI=1S/C35H31FN2O5/c1-35(2,3)24-10-7-22(8-11-24)34(39)42-26-14-15-27-30(18-26)43-33(38)28(19-37)32(27)23-9-16-29(31(17-23)40-4)41-20-21-5-12-25(36)13-6-21/h5-18,32H,20,38H2,1-4H3. The first-order chi connectivity index (χ1) is 20.6. The Labute approximate surface area is 249 Å². The zero-order valence-corrected chi connectivity index (χ0v) is 24.3. The molecule has 0 saturated carbocycles. The third-order valence-corrected chi connectivity index (χ3v) is 7.22. The molecule has 0 radical (unpaired) electrons. The number of halogens is 1. The minimum Gasteiger partial charge on any atom is -0.493 e. The molecule has 1 atom stereocenters. The molecule has 43 heavy (non-hydrogen) atoms. The van der Waals surface area contributed by atoms with Gasteiger partial charge in [-0.3, -0.25) is 0 Å². The van der Waals surface area contributed by atoms with Crippen molar-refractivity contribution in [3.63, 3.8) is 0 Å². The molecule has 1 aliphatic rings. The Balaban J connectivity index is 1.40. The quantitative estimate of drug-likeness (QED) is 0.183. The summed E-state index contributed by atoms with van der Waals surface area (Å²) in [4.78, 5) is 12.9. The smallest absolute Gasteiger partial charge is 0.343 e. The summed E-state index contributed by atoms with van der Waals surface area (Å²) in [5.74, 6) is 0.139. The van der Waals surface area contributed by atoms with Crippen LogP contribution in [0.15, 0.2) is 96.4 Å². The molecule has 0 amide bonds. The lowest BCUT2D eigenvalue weighted by molar-refractivity contribution is 0.0734. The number of rotatable bonds is 7. The Morgan fingerprint density at radius 2 is 1.70 bits per heavy atom. The molecule has 5 rings (SSSR count). The van der Waals surface area contributed by atoms with Crippen LogP contribution in [0.3, 0.4) is 0 Å². The minimum atomic E-state index is -0.566. The molecule has 8 heteroatoms. The van der Waals surface area contributed by atoms with E-state index >= 15 is 0 Å². The Hall–Kier alpha value is -5.29. The molecule has 4 aromatic rings. The van der Waals surface area contributed by atoms with Crippen LogP contribution in [0.4, 0.5) is 4.39 Å². The fourth-order valence-electron chi connectivity index (χ4n) is 4.84. The van der Waals surface area contributed by atoms with E-state index in [2.05, 4.69) is 26.8 Å². The number of ether oxygens (including phenoxy) is 4. The number of nitrogens with two attached hydrogens (primary N) is 1. The van der Waals surface area contributed by atoms with Gasteiger partial charge in [0.1, 0.15) is 35.6 Å². The Morgan fingerprint density at radius 3 is 2.35 bits per heavy atom. The van der Waals surface area contributed by atoms with Crippen molar-refractivity contribution in [3.05, 3.63) is 130 Å². The van der Waals surface area contributed by atoms with E-state index in [9.17, 15) is 14.4 Å². The highest BCUT2D eigenvalue weighted by molar-refractivity contribution is 5.91. The van der Waals surface area contributed by atoms with Gasteiger partial charge in [-0.2, -0.15) is 5.26 Å². The van der Waals surface area contributed by atoms with E-state index in [-0.39, 0.29) is 35.0 Å². The van der Waals surface area contributed by atoms with Gasteiger partial charge in [-0.15, -0.1) is 0 Å².